The van der Waals surface area contributed by atoms with E-state index >= 15 is 0 Å². The first kappa shape index (κ1) is 23.0. The van der Waals surface area contributed by atoms with Gasteiger partial charge in [-0.05, 0) is 50.3 Å². The van der Waals surface area contributed by atoms with Gasteiger partial charge in [0.15, 0.2) is 5.75 Å². The molecule has 8 heteroatoms. The number of nitrogens with one attached hydrogen (secondary N) is 1. The lowest BCUT2D eigenvalue weighted by molar-refractivity contribution is 0.0684. The smallest absolute Gasteiger partial charge is 0.274 e. The van der Waals surface area contributed by atoms with E-state index in [4.69, 9.17) is 4.74 Å². The molecule has 3 aliphatic rings. The van der Waals surface area contributed by atoms with E-state index < -0.39 is 0 Å². The van der Waals surface area contributed by atoms with E-state index in [-0.39, 0.29) is 23.9 Å². The molecule has 6 rings (SSSR count). The Hall–Kier alpha value is -3.39. The number of piperidine rings is 1. The van der Waals surface area contributed by atoms with Gasteiger partial charge < -0.3 is 19.9 Å². The summed E-state index contributed by atoms with van der Waals surface area (Å²) in [6.45, 7) is 5.77. The highest BCUT2D eigenvalue weighted by Gasteiger charge is 2.54. The number of benzene rings is 2. The summed E-state index contributed by atoms with van der Waals surface area (Å²) < 4.78 is 5.85. The highest BCUT2D eigenvalue weighted by molar-refractivity contribution is 7.15. The van der Waals surface area contributed by atoms with Crippen molar-refractivity contribution in [3.63, 3.8) is 0 Å². The lowest BCUT2D eigenvalue weighted by Crippen LogP contribution is -2.45. The summed E-state index contributed by atoms with van der Waals surface area (Å²) in [5.74, 6) is 0.952. The number of para-hydroxylation sites is 1. The minimum Gasteiger partial charge on any atom is -0.489 e. The Morgan fingerprint density at radius 2 is 2.00 bits per heavy atom. The zero-order chi connectivity index (χ0) is 25.0. The minimum atomic E-state index is -0.167. The van der Waals surface area contributed by atoms with Gasteiger partial charge in [0.1, 0.15) is 12.3 Å². The van der Waals surface area contributed by atoms with Crippen LogP contribution in [-0.4, -0.2) is 60.5 Å². The van der Waals surface area contributed by atoms with Crippen LogP contribution in [0.5, 0.6) is 5.75 Å². The molecule has 36 heavy (non-hydrogen) atoms. The van der Waals surface area contributed by atoms with Crippen molar-refractivity contribution in [2.45, 2.75) is 38.8 Å². The van der Waals surface area contributed by atoms with E-state index in [1.807, 2.05) is 43.1 Å². The van der Waals surface area contributed by atoms with Crippen LogP contribution >= 0.6 is 11.3 Å². The van der Waals surface area contributed by atoms with Gasteiger partial charge in [0, 0.05) is 19.6 Å². The minimum absolute atomic E-state index is 0.0258. The van der Waals surface area contributed by atoms with Gasteiger partial charge in [-0.3, -0.25) is 9.59 Å². The van der Waals surface area contributed by atoms with Gasteiger partial charge in [-0.1, -0.05) is 35.9 Å². The third-order valence-electron chi connectivity index (χ3n) is 7.48. The molecule has 2 fully saturated rings. The number of ether oxygens (including phenoxy) is 1. The summed E-state index contributed by atoms with van der Waals surface area (Å²) in [7, 11) is 2.00. The number of aromatic nitrogens is 1. The predicted molar refractivity (Wildman–Crippen MR) is 141 cm³/mol. The molecule has 3 atom stereocenters. The first-order valence-electron chi connectivity index (χ1n) is 12.5. The molecule has 1 saturated heterocycles. The molecule has 0 bridgehead atoms. The standard InChI is InChI=1S/C28H30N4O3S/c1-16-6-4-7-18(12-16)26-24(30-17(2)36-26)28(34)32-20(13-19-14-23(19)32)15-29-27(33)21-8-5-9-22-25(21)35-11-10-31(22)3/h4-9,12,19-20,23H,10-11,13-15H2,1-3H3,(H,29,33). The molecule has 1 aromatic heterocycles. The van der Waals surface area contributed by atoms with Crippen molar-refractivity contribution in [2.24, 2.45) is 5.92 Å². The van der Waals surface area contributed by atoms with Gasteiger partial charge in [0.2, 0.25) is 0 Å². The molecule has 3 heterocycles. The quantitative estimate of drug-likeness (QED) is 0.564. The number of amides is 2. The molecule has 2 aliphatic heterocycles. The molecule has 1 N–H and O–H groups in total. The summed E-state index contributed by atoms with van der Waals surface area (Å²) in [6, 6.07) is 14.1. The number of likely N-dealkylation sites (tertiary alicyclic amines) is 1. The lowest BCUT2D eigenvalue weighted by Gasteiger charge is -2.30. The number of anilines is 1. The number of rotatable bonds is 5. The molecule has 0 spiro atoms. The molecule has 186 valence electrons. The van der Waals surface area contributed by atoms with Crippen LogP contribution in [0, 0.1) is 19.8 Å². The number of thiazole rings is 1. The molecule has 3 unspecified atom stereocenters. The van der Waals surface area contributed by atoms with E-state index in [1.165, 1.54) is 0 Å². The second-order valence-corrected chi connectivity index (χ2v) is 11.3. The van der Waals surface area contributed by atoms with Crippen molar-refractivity contribution in [1.82, 2.24) is 15.2 Å². The van der Waals surface area contributed by atoms with Crippen LogP contribution in [0.3, 0.4) is 0 Å². The van der Waals surface area contributed by atoms with E-state index in [1.54, 1.807) is 17.4 Å². The zero-order valence-electron chi connectivity index (χ0n) is 20.8. The van der Waals surface area contributed by atoms with Gasteiger partial charge in [-0.15, -0.1) is 11.3 Å². The number of nitrogens with zero attached hydrogens (tertiary/aromatic N) is 3. The number of carbonyl (C=O) groups excluding carboxylic acids is 2. The molecule has 7 nitrogen and oxygen atoms in total. The van der Waals surface area contributed by atoms with Crippen LogP contribution in [0.4, 0.5) is 5.69 Å². The van der Waals surface area contributed by atoms with Crippen molar-refractivity contribution in [2.75, 3.05) is 31.6 Å². The molecule has 1 saturated carbocycles. The Morgan fingerprint density at radius 1 is 1.17 bits per heavy atom. The average molecular weight is 503 g/mol. The third-order valence-corrected chi connectivity index (χ3v) is 8.50. The Bertz CT molecular complexity index is 1350. The maximum Gasteiger partial charge on any atom is 0.274 e. The number of hydrogen-bond acceptors (Lipinski definition) is 6. The Kier molecular flexibility index (Phi) is 5.71. The second kappa shape index (κ2) is 8.92. The first-order chi connectivity index (χ1) is 17.4. The van der Waals surface area contributed by atoms with E-state index in [9.17, 15) is 9.59 Å². The summed E-state index contributed by atoms with van der Waals surface area (Å²) in [5, 5.41) is 3.97. The highest BCUT2D eigenvalue weighted by Crippen LogP contribution is 2.49. The molecule has 3 aromatic rings. The highest BCUT2D eigenvalue weighted by atomic mass is 32.1. The topological polar surface area (TPSA) is 74.8 Å². The van der Waals surface area contributed by atoms with E-state index in [2.05, 4.69) is 34.3 Å². The largest absolute Gasteiger partial charge is 0.489 e. The van der Waals surface area contributed by atoms with Crippen molar-refractivity contribution in [1.29, 1.82) is 0 Å². The van der Waals surface area contributed by atoms with Gasteiger partial charge in [0.05, 0.1) is 33.7 Å². The summed E-state index contributed by atoms with van der Waals surface area (Å²) >= 11 is 1.56. The number of hydrogen-bond donors (Lipinski definition) is 1. The summed E-state index contributed by atoms with van der Waals surface area (Å²) in [5.41, 5.74) is 4.17. The average Bonchev–Trinajstić information content (AvgIpc) is 3.35. The number of likely N-dealkylation sites (N-methyl/N-ethyl adjacent to an activating group) is 1. The van der Waals surface area contributed by atoms with Crippen LogP contribution in [-0.2, 0) is 0 Å². The van der Waals surface area contributed by atoms with Crippen LogP contribution < -0.4 is 15.0 Å². The van der Waals surface area contributed by atoms with Crippen LogP contribution in [0.15, 0.2) is 42.5 Å². The second-order valence-electron chi connectivity index (χ2n) is 10.1. The van der Waals surface area contributed by atoms with Crippen LogP contribution in [0.1, 0.15) is 44.3 Å². The van der Waals surface area contributed by atoms with Gasteiger partial charge in [-0.2, -0.15) is 0 Å². The fourth-order valence-corrected chi connectivity index (χ4v) is 6.51. The summed E-state index contributed by atoms with van der Waals surface area (Å²) in [4.78, 5) is 36.7. The third kappa shape index (κ3) is 4.03. The van der Waals surface area contributed by atoms with Crippen molar-refractivity contribution >= 4 is 28.8 Å². The number of aryl methyl sites for hydroxylation is 2. The van der Waals surface area contributed by atoms with Crippen LogP contribution in [0.2, 0.25) is 0 Å². The molecule has 0 radical (unpaired) electrons. The SMILES string of the molecule is Cc1cccc(-c2sc(C)nc2C(=O)N2C(CNC(=O)c3cccc4c3OCCN4C)CC3CC32)c1. The maximum absolute atomic E-state index is 13.9. The Balaban J connectivity index is 1.21. The maximum atomic E-state index is 13.9. The Morgan fingerprint density at radius 3 is 2.83 bits per heavy atom. The normalized spacial score (nSPS) is 22.0. The molecule has 2 aromatic carbocycles. The molecule has 1 aliphatic carbocycles. The molecule has 2 amide bonds. The fourth-order valence-electron chi connectivity index (χ4n) is 5.60. The monoisotopic (exact) mass is 502 g/mol. The lowest BCUT2D eigenvalue weighted by atomic mass is 10.1. The molecular weight excluding hydrogens is 472 g/mol. The number of fused-ring (bicyclic) bond motifs is 2. The molecular formula is C28H30N4O3S. The Labute approximate surface area is 215 Å². The zero-order valence-corrected chi connectivity index (χ0v) is 21.6. The van der Waals surface area contributed by atoms with Crippen LogP contribution in [0.25, 0.3) is 10.4 Å². The van der Waals surface area contributed by atoms with Gasteiger partial charge in [-0.25, -0.2) is 4.98 Å². The number of carbonyl (C=O) groups is 2. The fraction of sp³-hybridized carbons (Fsp3) is 0.393. The first-order valence-corrected chi connectivity index (χ1v) is 13.3. The van der Waals surface area contributed by atoms with Crippen molar-refractivity contribution in [3.05, 3.63) is 64.3 Å². The van der Waals surface area contributed by atoms with Crippen molar-refractivity contribution in [3.8, 4) is 16.2 Å². The van der Waals surface area contributed by atoms with E-state index in [0.29, 0.717) is 36.1 Å². The predicted octanol–water partition coefficient (Wildman–Crippen LogP) is 4.29. The van der Waals surface area contributed by atoms with Gasteiger partial charge in [0.25, 0.3) is 11.8 Å². The summed E-state index contributed by atoms with van der Waals surface area (Å²) in [6.07, 6.45) is 1.94. The van der Waals surface area contributed by atoms with Gasteiger partial charge >= 0.3 is 0 Å². The van der Waals surface area contributed by atoms with E-state index in [0.717, 1.165) is 46.1 Å². The van der Waals surface area contributed by atoms with Crippen molar-refractivity contribution < 1.29 is 14.3 Å².